The van der Waals surface area contributed by atoms with Crippen molar-refractivity contribution in [1.29, 1.82) is 0 Å². The second-order valence-corrected chi connectivity index (χ2v) is 8.93. The number of hydrogen-bond acceptors (Lipinski definition) is 9. The maximum absolute atomic E-state index is 12.7. The van der Waals surface area contributed by atoms with Gasteiger partial charge in [0.25, 0.3) is 11.8 Å². The third kappa shape index (κ3) is 5.51. The van der Waals surface area contributed by atoms with Gasteiger partial charge in [0.05, 0.1) is 0 Å². The number of nitrogens with one attached hydrogen (secondary N) is 4. The van der Waals surface area contributed by atoms with Crippen LogP contribution in [-0.2, 0) is 6.54 Å². The molecule has 4 N–H and O–H groups in total. The van der Waals surface area contributed by atoms with E-state index in [0.29, 0.717) is 30.5 Å². The number of carbonyl (C=O) groups is 2. The van der Waals surface area contributed by atoms with Crippen LogP contribution in [0.15, 0.2) is 55.3 Å². The van der Waals surface area contributed by atoms with Gasteiger partial charge in [-0.1, -0.05) is 12.1 Å². The summed E-state index contributed by atoms with van der Waals surface area (Å²) in [5.41, 5.74) is 3.41. The van der Waals surface area contributed by atoms with Crippen molar-refractivity contribution >= 4 is 40.8 Å². The predicted octanol–water partition coefficient (Wildman–Crippen LogP) is 2.27. The fourth-order valence-electron chi connectivity index (χ4n) is 4.19. The number of hydrogen-bond donors (Lipinski definition) is 4. The summed E-state index contributed by atoms with van der Waals surface area (Å²) in [4.78, 5) is 42.8. The molecule has 2 aromatic heterocycles. The van der Waals surface area contributed by atoms with Crippen LogP contribution in [0.2, 0.25) is 0 Å². The van der Waals surface area contributed by atoms with Crippen LogP contribution < -0.4 is 26.2 Å². The summed E-state index contributed by atoms with van der Waals surface area (Å²) in [6, 6.07) is 11.7. The van der Waals surface area contributed by atoms with Crippen LogP contribution in [0.4, 0.5) is 29.0 Å². The number of fused-ring (bicyclic) bond motifs is 1. The average molecular weight is 500 g/mol. The van der Waals surface area contributed by atoms with Crippen LogP contribution in [-0.4, -0.2) is 71.4 Å². The van der Waals surface area contributed by atoms with E-state index in [4.69, 9.17) is 0 Å². The Morgan fingerprint density at radius 1 is 1.08 bits per heavy atom. The first-order chi connectivity index (χ1) is 18.0. The molecule has 0 saturated carbocycles. The zero-order chi connectivity index (χ0) is 25.8. The first kappa shape index (κ1) is 24.2. The van der Waals surface area contributed by atoms with Crippen molar-refractivity contribution in [3.63, 3.8) is 0 Å². The maximum Gasteiger partial charge on any atom is 0.270 e. The monoisotopic (exact) mass is 499 g/mol. The number of carbonyl (C=O) groups excluding carboxylic acids is 2. The minimum atomic E-state index is -0.357. The number of benzene rings is 1. The Bertz CT molecular complexity index is 1320. The number of anilines is 5. The molecule has 2 amide bonds. The van der Waals surface area contributed by atoms with Crippen molar-refractivity contribution in [2.45, 2.75) is 6.54 Å². The number of piperazine rings is 1. The number of pyridine rings is 1. The van der Waals surface area contributed by atoms with Gasteiger partial charge in [-0.2, -0.15) is 4.98 Å². The Morgan fingerprint density at radius 3 is 2.62 bits per heavy atom. The van der Waals surface area contributed by atoms with Crippen LogP contribution >= 0.6 is 0 Å². The highest BCUT2D eigenvalue weighted by Crippen LogP contribution is 2.24. The van der Waals surface area contributed by atoms with E-state index in [1.165, 1.54) is 11.9 Å². The van der Waals surface area contributed by atoms with Gasteiger partial charge in [-0.3, -0.25) is 9.59 Å². The molecule has 0 unspecified atom stereocenters. The first-order valence-electron chi connectivity index (χ1n) is 12.1. The summed E-state index contributed by atoms with van der Waals surface area (Å²) in [5.74, 6) is 0.389. The summed E-state index contributed by atoms with van der Waals surface area (Å²) in [5, 5.41) is 11.8. The molecule has 190 valence electrons. The van der Waals surface area contributed by atoms with E-state index >= 15 is 0 Å². The highest BCUT2D eigenvalue weighted by molar-refractivity contribution is 6.00. The molecular weight excluding hydrogens is 470 g/mol. The highest BCUT2D eigenvalue weighted by atomic mass is 16.2. The molecule has 4 heterocycles. The quantitative estimate of drug-likeness (QED) is 0.345. The van der Waals surface area contributed by atoms with Gasteiger partial charge < -0.3 is 31.1 Å². The molecule has 1 saturated heterocycles. The van der Waals surface area contributed by atoms with Gasteiger partial charge in [0.1, 0.15) is 22.9 Å². The summed E-state index contributed by atoms with van der Waals surface area (Å²) >= 11 is 0. The number of aromatic nitrogens is 3. The molecule has 37 heavy (non-hydrogen) atoms. The minimum absolute atomic E-state index is 0.229. The van der Waals surface area contributed by atoms with Crippen LogP contribution in [0.3, 0.4) is 0 Å². The normalized spacial score (nSPS) is 15.1. The molecule has 2 aliphatic heterocycles. The van der Waals surface area contributed by atoms with Gasteiger partial charge in [-0.05, 0) is 37.4 Å². The third-order valence-electron chi connectivity index (χ3n) is 6.31. The SMILES string of the molecule is C=CCNC(=O)c1cnc(Nc2ccc(N3CCN(C)CC3)cc2)nc1Nc1ccc2c(n1)C(=O)NC2. The summed E-state index contributed by atoms with van der Waals surface area (Å²) in [7, 11) is 2.14. The molecule has 2 aliphatic rings. The molecule has 0 radical (unpaired) electrons. The highest BCUT2D eigenvalue weighted by Gasteiger charge is 2.22. The number of nitrogens with zero attached hydrogens (tertiary/aromatic N) is 5. The molecule has 11 heteroatoms. The van der Waals surface area contributed by atoms with Gasteiger partial charge in [-0.25, -0.2) is 9.97 Å². The van der Waals surface area contributed by atoms with Crippen LogP contribution in [0, 0.1) is 0 Å². The lowest BCUT2D eigenvalue weighted by Crippen LogP contribution is -2.44. The Hall–Kier alpha value is -4.51. The smallest absolute Gasteiger partial charge is 0.270 e. The van der Waals surface area contributed by atoms with Crippen LogP contribution in [0.5, 0.6) is 0 Å². The fraction of sp³-hybridized carbons (Fsp3) is 0.269. The lowest BCUT2D eigenvalue weighted by Gasteiger charge is -2.34. The topological polar surface area (TPSA) is 127 Å². The molecule has 5 rings (SSSR count). The standard InChI is InChI=1S/C26H29N9O2/c1-3-10-27-24(36)20-16-29-26(30-18-5-7-19(8-6-18)35-13-11-34(2)12-14-35)33-23(20)32-21-9-4-17-15-28-25(37)22(17)31-21/h3-9,16H,1,10-15H2,2H3,(H,27,36)(H,28,37)(H2,29,30,31,32,33). The fourth-order valence-corrected chi connectivity index (χ4v) is 4.19. The van der Waals surface area contributed by atoms with Crippen molar-refractivity contribution in [3.8, 4) is 0 Å². The van der Waals surface area contributed by atoms with E-state index in [2.05, 4.69) is 71.8 Å². The summed E-state index contributed by atoms with van der Waals surface area (Å²) < 4.78 is 0. The van der Waals surface area contributed by atoms with Gasteiger partial charge in [0, 0.05) is 62.4 Å². The minimum Gasteiger partial charge on any atom is -0.369 e. The lowest BCUT2D eigenvalue weighted by molar-refractivity contribution is 0.0951. The molecule has 0 bridgehead atoms. The van der Waals surface area contributed by atoms with Crippen molar-refractivity contribution in [3.05, 3.63) is 72.1 Å². The number of amides is 2. The molecule has 0 aliphatic carbocycles. The van der Waals surface area contributed by atoms with E-state index in [9.17, 15) is 9.59 Å². The Labute approximate surface area is 215 Å². The second-order valence-electron chi connectivity index (χ2n) is 8.93. The molecule has 1 aromatic carbocycles. The molecule has 11 nitrogen and oxygen atoms in total. The number of likely N-dealkylation sites (N-methyl/N-ethyl adjacent to an activating group) is 1. The van der Waals surface area contributed by atoms with Crippen molar-refractivity contribution < 1.29 is 9.59 Å². The van der Waals surface area contributed by atoms with Crippen molar-refractivity contribution in [2.75, 3.05) is 55.3 Å². The Morgan fingerprint density at radius 2 is 1.86 bits per heavy atom. The van der Waals surface area contributed by atoms with Crippen molar-refractivity contribution in [1.82, 2.24) is 30.5 Å². The zero-order valence-corrected chi connectivity index (χ0v) is 20.6. The Kier molecular flexibility index (Phi) is 6.95. The van der Waals surface area contributed by atoms with E-state index in [0.717, 1.165) is 37.4 Å². The van der Waals surface area contributed by atoms with Gasteiger partial charge in [0.2, 0.25) is 5.95 Å². The van der Waals surface area contributed by atoms with E-state index < -0.39 is 0 Å². The zero-order valence-electron chi connectivity index (χ0n) is 20.6. The first-order valence-corrected chi connectivity index (χ1v) is 12.1. The molecule has 0 spiro atoms. The van der Waals surface area contributed by atoms with Gasteiger partial charge >= 0.3 is 0 Å². The maximum atomic E-state index is 12.7. The molecule has 1 fully saturated rings. The predicted molar refractivity (Wildman–Crippen MR) is 143 cm³/mol. The van der Waals surface area contributed by atoms with Crippen LogP contribution in [0.1, 0.15) is 26.4 Å². The third-order valence-corrected chi connectivity index (χ3v) is 6.31. The van der Waals surface area contributed by atoms with E-state index in [1.54, 1.807) is 12.1 Å². The lowest BCUT2D eigenvalue weighted by atomic mass is 10.2. The second kappa shape index (κ2) is 10.6. The molecule has 0 atom stereocenters. The molecular formula is C26H29N9O2. The largest absolute Gasteiger partial charge is 0.369 e. The number of rotatable bonds is 8. The summed E-state index contributed by atoms with van der Waals surface area (Å²) in [6.07, 6.45) is 3.04. The van der Waals surface area contributed by atoms with Gasteiger partial charge in [-0.15, -0.1) is 6.58 Å². The van der Waals surface area contributed by atoms with Crippen LogP contribution in [0.25, 0.3) is 0 Å². The molecule has 3 aromatic rings. The van der Waals surface area contributed by atoms with Gasteiger partial charge in [0.15, 0.2) is 0 Å². The average Bonchev–Trinajstić information content (AvgIpc) is 3.28. The van der Waals surface area contributed by atoms with E-state index in [-0.39, 0.29) is 23.2 Å². The Balaban J connectivity index is 1.37. The van der Waals surface area contributed by atoms with E-state index in [1.807, 2.05) is 18.2 Å². The summed E-state index contributed by atoms with van der Waals surface area (Å²) in [6.45, 7) is 8.46. The van der Waals surface area contributed by atoms with Crippen molar-refractivity contribution in [2.24, 2.45) is 0 Å².